The number of hydrogen-bond acceptors (Lipinski definition) is 7. The van der Waals surface area contributed by atoms with Crippen molar-refractivity contribution in [1.82, 2.24) is 20.1 Å². The Balaban J connectivity index is 1.62. The van der Waals surface area contributed by atoms with Crippen LogP contribution in [0.4, 0.5) is 16.6 Å². The van der Waals surface area contributed by atoms with E-state index in [4.69, 9.17) is 0 Å². The second-order valence-corrected chi connectivity index (χ2v) is 7.79. The maximum absolute atomic E-state index is 12.6. The van der Waals surface area contributed by atoms with Crippen molar-refractivity contribution in [3.05, 3.63) is 46.6 Å². The molecule has 0 saturated heterocycles. The van der Waals surface area contributed by atoms with E-state index >= 15 is 0 Å². The van der Waals surface area contributed by atoms with Crippen LogP contribution in [0.25, 0.3) is 0 Å². The molecular formula is C20H24N6O3S. The largest absolute Gasteiger partial charge is 0.508 e. The fraction of sp³-hybridized carbons (Fsp3) is 0.300. The van der Waals surface area contributed by atoms with E-state index in [-0.39, 0.29) is 24.1 Å². The number of thiazole rings is 1. The Morgan fingerprint density at radius 2 is 2.03 bits per heavy atom. The topological polar surface area (TPSA) is 121 Å². The molecule has 0 saturated carbocycles. The molecule has 1 aromatic carbocycles. The molecule has 3 rings (SSSR count). The molecule has 9 nitrogen and oxygen atoms in total. The highest BCUT2D eigenvalue weighted by Crippen LogP contribution is 2.29. The van der Waals surface area contributed by atoms with Gasteiger partial charge in [0.15, 0.2) is 10.9 Å². The fourth-order valence-corrected chi connectivity index (χ4v) is 3.45. The first-order valence-corrected chi connectivity index (χ1v) is 10.3. The number of anilines is 3. The Bertz CT molecular complexity index is 1060. The zero-order valence-electron chi connectivity index (χ0n) is 17.0. The lowest BCUT2D eigenvalue weighted by atomic mass is 10.1. The summed E-state index contributed by atoms with van der Waals surface area (Å²) >= 11 is 1.18. The molecule has 0 aliphatic heterocycles. The smallest absolute Gasteiger partial charge is 0.267 e. The number of nitrogens with one attached hydrogen (secondary N) is 3. The number of carbonyl (C=O) groups is 2. The molecule has 0 unspecified atom stereocenters. The number of benzene rings is 1. The first kappa shape index (κ1) is 21.3. The molecule has 0 aliphatic carbocycles. The van der Waals surface area contributed by atoms with E-state index in [1.54, 1.807) is 31.3 Å². The van der Waals surface area contributed by atoms with Crippen LogP contribution in [0.2, 0.25) is 0 Å². The van der Waals surface area contributed by atoms with Crippen molar-refractivity contribution in [3.8, 4) is 5.75 Å². The van der Waals surface area contributed by atoms with Crippen molar-refractivity contribution in [2.75, 3.05) is 17.2 Å². The summed E-state index contributed by atoms with van der Waals surface area (Å²) in [6, 6.07) is 5.08. The molecule has 0 spiro atoms. The SMILES string of the molecule is CCCNC(=O)Cn1ccc(Nc2ncc(C(=O)Nc3c(C)ccc(O)c3C)s2)n1. The van der Waals surface area contributed by atoms with E-state index in [9.17, 15) is 14.7 Å². The predicted octanol–water partition coefficient (Wildman–Crippen LogP) is 3.18. The summed E-state index contributed by atoms with van der Waals surface area (Å²) in [6.45, 7) is 6.37. The molecule has 0 bridgehead atoms. The van der Waals surface area contributed by atoms with Crippen LogP contribution < -0.4 is 16.0 Å². The van der Waals surface area contributed by atoms with Gasteiger partial charge in [-0.25, -0.2) is 4.98 Å². The molecule has 2 heterocycles. The summed E-state index contributed by atoms with van der Waals surface area (Å²) in [5.74, 6) is 0.244. The van der Waals surface area contributed by atoms with Gasteiger partial charge in [-0.1, -0.05) is 24.3 Å². The number of carbonyl (C=O) groups excluding carboxylic acids is 2. The number of aromatic nitrogens is 3. The average Bonchev–Trinajstić information content (AvgIpc) is 3.36. The quantitative estimate of drug-likeness (QED) is 0.437. The van der Waals surface area contributed by atoms with Gasteiger partial charge in [0.25, 0.3) is 5.91 Å². The molecule has 10 heteroatoms. The van der Waals surface area contributed by atoms with E-state index in [0.29, 0.717) is 33.6 Å². The van der Waals surface area contributed by atoms with Gasteiger partial charge in [-0.15, -0.1) is 0 Å². The number of nitrogens with zero attached hydrogens (tertiary/aromatic N) is 3. The van der Waals surface area contributed by atoms with Crippen molar-refractivity contribution >= 4 is 39.8 Å². The maximum atomic E-state index is 12.6. The minimum Gasteiger partial charge on any atom is -0.508 e. The van der Waals surface area contributed by atoms with Crippen LogP contribution >= 0.6 is 11.3 Å². The lowest BCUT2D eigenvalue weighted by Gasteiger charge is -2.11. The van der Waals surface area contributed by atoms with Crippen LogP contribution in [0.3, 0.4) is 0 Å². The zero-order valence-corrected chi connectivity index (χ0v) is 17.8. The summed E-state index contributed by atoms with van der Waals surface area (Å²) in [7, 11) is 0. The van der Waals surface area contributed by atoms with Crippen molar-refractivity contribution in [1.29, 1.82) is 0 Å². The summed E-state index contributed by atoms with van der Waals surface area (Å²) in [6.07, 6.45) is 4.05. The first-order chi connectivity index (χ1) is 14.4. The van der Waals surface area contributed by atoms with Gasteiger partial charge in [0.1, 0.15) is 17.2 Å². The molecule has 0 aliphatic rings. The van der Waals surface area contributed by atoms with Gasteiger partial charge in [-0.2, -0.15) is 5.10 Å². The second kappa shape index (κ2) is 9.40. The number of rotatable bonds is 8. The number of aromatic hydroxyl groups is 1. The fourth-order valence-electron chi connectivity index (χ4n) is 2.73. The minimum absolute atomic E-state index is 0.0998. The van der Waals surface area contributed by atoms with E-state index < -0.39 is 0 Å². The number of aryl methyl sites for hydroxylation is 1. The Morgan fingerprint density at radius 3 is 2.80 bits per heavy atom. The van der Waals surface area contributed by atoms with Crippen molar-refractivity contribution < 1.29 is 14.7 Å². The molecule has 2 aromatic heterocycles. The summed E-state index contributed by atoms with van der Waals surface area (Å²) < 4.78 is 1.53. The Hall–Kier alpha value is -3.40. The van der Waals surface area contributed by atoms with E-state index in [1.807, 2.05) is 13.8 Å². The van der Waals surface area contributed by atoms with Gasteiger partial charge >= 0.3 is 0 Å². The first-order valence-electron chi connectivity index (χ1n) is 9.51. The molecular weight excluding hydrogens is 404 g/mol. The van der Waals surface area contributed by atoms with Gasteiger partial charge in [0.2, 0.25) is 5.91 Å². The molecule has 158 valence electrons. The van der Waals surface area contributed by atoms with Gasteiger partial charge in [-0.3, -0.25) is 14.3 Å². The van der Waals surface area contributed by atoms with Crippen LogP contribution in [0, 0.1) is 13.8 Å². The lowest BCUT2D eigenvalue weighted by Crippen LogP contribution is -2.28. The number of hydrogen-bond donors (Lipinski definition) is 4. The summed E-state index contributed by atoms with van der Waals surface area (Å²) in [4.78, 5) is 29.0. The summed E-state index contributed by atoms with van der Waals surface area (Å²) in [5, 5.41) is 23.3. The summed E-state index contributed by atoms with van der Waals surface area (Å²) in [5.41, 5.74) is 2.05. The van der Waals surface area contributed by atoms with Crippen LogP contribution in [0.1, 0.15) is 34.1 Å². The van der Waals surface area contributed by atoms with Crippen molar-refractivity contribution in [3.63, 3.8) is 0 Å². The molecule has 0 atom stereocenters. The third-order valence-electron chi connectivity index (χ3n) is 4.37. The average molecular weight is 429 g/mol. The molecule has 3 aromatic rings. The van der Waals surface area contributed by atoms with Gasteiger partial charge < -0.3 is 21.1 Å². The van der Waals surface area contributed by atoms with Gasteiger partial charge in [0.05, 0.1) is 11.9 Å². The zero-order chi connectivity index (χ0) is 21.7. The normalized spacial score (nSPS) is 10.6. The number of amides is 2. The van der Waals surface area contributed by atoms with Crippen LogP contribution in [-0.4, -0.2) is 38.2 Å². The lowest BCUT2D eigenvalue weighted by molar-refractivity contribution is -0.121. The van der Waals surface area contributed by atoms with Crippen LogP contribution in [0.5, 0.6) is 5.75 Å². The van der Waals surface area contributed by atoms with Crippen LogP contribution in [0.15, 0.2) is 30.6 Å². The number of phenolic OH excluding ortho intramolecular Hbond substituents is 1. The highest BCUT2D eigenvalue weighted by atomic mass is 32.1. The van der Waals surface area contributed by atoms with Gasteiger partial charge in [0, 0.05) is 24.4 Å². The highest BCUT2D eigenvalue weighted by molar-refractivity contribution is 7.17. The Morgan fingerprint density at radius 1 is 1.23 bits per heavy atom. The second-order valence-electron chi connectivity index (χ2n) is 6.76. The van der Waals surface area contributed by atoms with Crippen LogP contribution in [-0.2, 0) is 11.3 Å². The van der Waals surface area contributed by atoms with E-state index in [2.05, 4.69) is 26.0 Å². The predicted molar refractivity (Wildman–Crippen MR) is 116 cm³/mol. The van der Waals surface area contributed by atoms with E-state index in [0.717, 1.165) is 12.0 Å². The Labute approximate surface area is 178 Å². The molecule has 4 N–H and O–H groups in total. The molecule has 2 amide bonds. The third-order valence-corrected chi connectivity index (χ3v) is 5.28. The van der Waals surface area contributed by atoms with Gasteiger partial charge in [-0.05, 0) is 31.9 Å². The maximum Gasteiger partial charge on any atom is 0.267 e. The molecule has 0 radical (unpaired) electrons. The third kappa shape index (κ3) is 5.15. The standard InChI is InChI=1S/C20H24N6O3S/c1-4-8-21-17(28)11-26-9-7-16(25-26)23-20-22-10-15(30-20)19(29)24-18-12(2)5-6-14(27)13(18)3/h5-7,9-10,27H,4,8,11H2,1-3H3,(H,21,28)(H,24,29)(H,22,23,25). The molecule has 0 fully saturated rings. The molecule has 30 heavy (non-hydrogen) atoms. The van der Waals surface area contributed by atoms with Crippen molar-refractivity contribution in [2.45, 2.75) is 33.7 Å². The van der Waals surface area contributed by atoms with E-state index in [1.165, 1.54) is 22.2 Å². The number of phenols is 1. The minimum atomic E-state index is -0.310. The Kier molecular flexibility index (Phi) is 6.68. The van der Waals surface area contributed by atoms with Crippen molar-refractivity contribution in [2.24, 2.45) is 0 Å². The highest BCUT2D eigenvalue weighted by Gasteiger charge is 2.15. The monoisotopic (exact) mass is 428 g/mol.